The van der Waals surface area contributed by atoms with Gasteiger partial charge in [-0.15, -0.1) is 0 Å². The molecule has 0 radical (unpaired) electrons. The van der Waals surface area contributed by atoms with Crippen LogP contribution in [-0.4, -0.2) is 25.3 Å². The van der Waals surface area contributed by atoms with Crippen LogP contribution >= 0.6 is 0 Å². The standard InChI is InChI=1S/C15H23NO2/c1-10-11(2)15(17)14(18-3)8-13(10)7-12-5-4-6-16-9-12/h8,12,16-17H,4-7,9H2,1-3H3. The van der Waals surface area contributed by atoms with Crippen molar-refractivity contribution in [3.8, 4) is 11.5 Å². The van der Waals surface area contributed by atoms with Crippen molar-refractivity contribution in [2.75, 3.05) is 20.2 Å². The van der Waals surface area contributed by atoms with Crippen molar-refractivity contribution in [1.82, 2.24) is 5.32 Å². The minimum absolute atomic E-state index is 0.278. The molecule has 1 fully saturated rings. The maximum absolute atomic E-state index is 9.97. The molecule has 1 unspecified atom stereocenters. The average molecular weight is 249 g/mol. The summed E-state index contributed by atoms with van der Waals surface area (Å²) in [7, 11) is 1.61. The first-order valence-corrected chi connectivity index (χ1v) is 6.70. The lowest BCUT2D eigenvalue weighted by Gasteiger charge is -2.24. The van der Waals surface area contributed by atoms with Crippen molar-refractivity contribution in [2.45, 2.75) is 33.1 Å². The first-order chi connectivity index (χ1) is 8.63. The maximum Gasteiger partial charge on any atom is 0.161 e. The van der Waals surface area contributed by atoms with Gasteiger partial charge in [-0.3, -0.25) is 0 Å². The topological polar surface area (TPSA) is 41.5 Å². The highest BCUT2D eigenvalue weighted by molar-refractivity contribution is 5.52. The van der Waals surface area contributed by atoms with Gasteiger partial charge in [0.05, 0.1) is 7.11 Å². The average Bonchev–Trinajstić information content (AvgIpc) is 2.40. The van der Waals surface area contributed by atoms with Gasteiger partial charge in [0, 0.05) is 0 Å². The van der Waals surface area contributed by atoms with E-state index in [2.05, 4.69) is 12.2 Å². The van der Waals surface area contributed by atoms with E-state index in [-0.39, 0.29) is 5.75 Å². The first kappa shape index (κ1) is 13.2. The fourth-order valence-electron chi connectivity index (χ4n) is 2.71. The zero-order valence-corrected chi connectivity index (χ0v) is 11.5. The molecule has 3 nitrogen and oxygen atoms in total. The van der Waals surface area contributed by atoms with Gasteiger partial charge >= 0.3 is 0 Å². The molecular weight excluding hydrogens is 226 g/mol. The number of hydrogen-bond acceptors (Lipinski definition) is 3. The Morgan fingerprint density at radius 1 is 1.39 bits per heavy atom. The van der Waals surface area contributed by atoms with Crippen LogP contribution in [0.15, 0.2) is 6.07 Å². The second-order valence-corrected chi connectivity index (χ2v) is 5.25. The van der Waals surface area contributed by atoms with Crippen LogP contribution in [0.3, 0.4) is 0 Å². The second-order valence-electron chi connectivity index (χ2n) is 5.25. The molecule has 3 heteroatoms. The molecule has 100 valence electrons. The SMILES string of the molecule is COc1cc(CC2CCCNC2)c(C)c(C)c1O. The second kappa shape index (κ2) is 5.61. The number of phenolic OH excluding ortho intramolecular Hbond substituents is 1. The van der Waals surface area contributed by atoms with E-state index >= 15 is 0 Å². The Hall–Kier alpha value is -1.22. The number of hydrogen-bond donors (Lipinski definition) is 2. The molecule has 1 aliphatic rings. The van der Waals surface area contributed by atoms with Crippen LogP contribution in [0.4, 0.5) is 0 Å². The summed E-state index contributed by atoms with van der Waals surface area (Å²) in [6.07, 6.45) is 3.61. The van der Waals surface area contributed by atoms with Crippen LogP contribution < -0.4 is 10.1 Å². The first-order valence-electron chi connectivity index (χ1n) is 6.70. The van der Waals surface area contributed by atoms with E-state index in [9.17, 15) is 5.11 Å². The smallest absolute Gasteiger partial charge is 0.161 e. The van der Waals surface area contributed by atoms with Crippen LogP contribution in [-0.2, 0) is 6.42 Å². The number of benzene rings is 1. The van der Waals surface area contributed by atoms with Crippen molar-refractivity contribution in [1.29, 1.82) is 0 Å². The molecule has 1 aromatic rings. The summed E-state index contributed by atoms with van der Waals surface area (Å²) in [4.78, 5) is 0. The molecule has 0 amide bonds. The molecule has 0 bridgehead atoms. The minimum Gasteiger partial charge on any atom is -0.504 e. The van der Waals surface area contributed by atoms with Crippen LogP contribution in [0, 0.1) is 19.8 Å². The van der Waals surface area contributed by atoms with E-state index in [1.807, 2.05) is 13.0 Å². The molecule has 0 saturated carbocycles. The molecule has 1 heterocycles. The monoisotopic (exact) mass is 249 g/mol. The van der Waals surface area contributed by atoms with Gasteiger partial charge in [0.1, 0.15) is 0 Å². The predicted octanol–water partition coefficient (Wildman–Crippen LogP) is 2.56. The predicted molar refractivity (Wildman–Crippen MR) is 73.4 cm³/mol. The highest BCUT2D eigenvalue weighted by Crippen LogP contribution is 2.35. The molecule has 0 spiro atoms. The van der Waals surface area contributed by atoms with Crippen LogP contribution in [0.25, 0.3) is 0 Å². The zero-order chi connectivity index (χ0) is 13.1. The van der Waals surface area contributed by atoms with E-state index in [0.717, 1.165) is 25.1 Å². The third kappa shape index (κ3) is 2.61. The summed E-state index contributed by atoms with van der Waals surface area (Å²) in [5.41, 5.74) is 3.43. The summed E-state index contributed by atoms with van der Waals surface area (Å²) in [6, 6.07) is 1.99. The number of aromatic hydroxyl groups is 1. The lowest BCUT2D eigenvalue weighted by atomic mass is 9.89. The molecule has 0 aromatic heterocycles. The Morgan fingerprint density at radius 2 is 2.17 bits per heavy atom. The van der Waals surface area contributed by atoms with Crippen molar-refractivity contribution in [3.63, 3.8) is 0 Å². The molecule has 1 aromatic carbocycles. The summed E-state index contributed by atoms with van der Waals surface area (Å²) >= 11 is 0. The zero-order valence-electron chi connectivity index (χ0n) is 11.5. The van der Waals surface area contributed by atoms with Gasteiger partial charge < -0.3 is 15.2 Å². The Kier molecular flexibility index (Phi) is 4.12. The van der Waals surface area contributed by atoms with Crippen molar-refractivity contribution >= 4 is 0 Å². The van der Waals surface area contributed by atoms with Crippen LogP contribution in [0.2, 0.25) is 0 Å². The highest BCUT2D eigenvalue weighted by Gasteiger charge is 2.18. The minimum atomic E-state index is 0.278. The lowest BCUT2D eigenvalue weighted by Crippen LogP contribution is -2.31. The van der Waals surface area contributed by atoms with Crippen LogP contribution in [0.1, 0.15) is 29.5 Å². The molecule has 0 aliphatic carbocycles. The van der Waals surface area contributed by atoms with Gasteiger partial charge in [-0.2, -0.15) is 0 Å². The summed E-state index contributed by atoms with van der Waals surface area (Å²) in [5.74, 6) is 1.57. The third-order valence-electron chi connectivity index (χ3n) is 4.07. The number of nitrogens with one attached hydrogen (secondary N) is 1. The van der Waals surface area contributed by atoms with Crippen LogP contribution in [0.5, 0.6) is 11.5 Å². The van der Waals surface area contributed by atoms with Gasteiger partial charge in [-0.05, 0) is 74.9 Å². The molecule has 18 heavy (non-hydrogen) atoms. The van der Waals surface area contributed by atoms with E-state index < -0.39 is 0 Å². The van der Waals surface area contributed by atoms with E-state index in [0.29, 0.717) is 11.7 Å². The highest BCUT2D eigenvalue weighted by atomic mass is 16.5. The van der Waals surface area contributed by atoms with Gasteiger partial charge in [-0.25, -0.2) is 0 Å². The van der Waals surface area contributed by atoms with Crippen molar-refractivity contribution in [2.24, 2.45) is 5.92 Å². The Morgan fingerprint density at radius 3 is 2.78 bits per heavy atom. The van der Waals surface area contributed by atoms with E-state index in [4.69, 9.17) is 4.74 Å². The Bertz CT molecular complexity index is 423. The van der Waals surface area contributed by atoms with E-state index in [1.165, 1.54) is 24.0 Å². The summed E-state index contributed by atoms with van der Waals surface area (Å²) < 4.78 is 5.25. The number of piperidine rings is 1. The maximum atomic E-state index is 9.97. The molecule has 1 atom stereocenters. The summed E-state index contributed by atoms with van der Waals surface area (Å²) in [6.45, 7) is 6.28. The number of ether oxygens (including phenoxy) is 1. The molecule has 1 saturated heterocycles. The fraction of sp³-hybridized carbons (Fsp3) is 0.600. The molecule has 2 rings (SSSR count). The van der Waals surface area contributed by atoms with Gasteiger partial charge in [0.15, 0.2) is 11.5 Å². The van der Waals surface area contributed by atoms with Gasteiger partial charge in [-0.1, -0.05) is 0 Å². The van der Waals surface area contributed by atoms with E-state index in [1.54, 1.807) is 7.11 Å². The third-order valence-corrected chi connectivity index (χ3v) is 4.07. The van der Waals surface area contributed by atoms with Crippen molar-refractivity contribution in [3.05, 3.63) is 22.8 Å². The Labute approximate surface area is 109 Å². The fourth-order valence-corrected chi connectivity index (χ4v) is 2.71. The number of phenols is 1. The molecular formula is C15H23NO2. The largest absolute Gasteiger partial charge is 0.504 e. The Balaban J connectivity index is 2.23. The van der Waals surface area contributed by atoms with Crippen molar-refractivity contribution < 1.29 is 9.84 Å². The number of methoxy groups -OCH3 is 1. The molecule has 2 N–H and O–H groups in total. The van der Waals surface area contributed by atoms with Gasteiger partial charge in [0.2, 0.25) is 0 Å². The normalized spacial score (nSPS) is 19.8. The lowest BCUT2D eigenvalue weighted by molar-refractivity contribution is 0.364. The summed E-state index contributed by atoms with van der Waals surface area (Å²) in [5, 5.41) is 13.4. The molecule has 1 aliphatic heterocycles. The quantitative estimate of drug-likeness (QED) is 0.865. The van der Waals surface area contributed by atoms with Gasteiger partial charge in [0.25, 0.3) is 0 Å². The number of rotatable bonds is 3.